The van der Waals surface area contributed by atoms with E-state index in [4.69, 9.17) is 0 Å². The van der Waals surface area contributed by atoms with E-state index < -0.39 is 17.2 Å². The smallest absolute Gasteiger partial charge is 0.356 e. The van der Waals surface area contributed by atoms with E-state index in [0.29, 0.717) is 24.2 Å². The van der Waals surface area contributed by atoms with Crippen molar-refractivity contribution >= 4 is 17.4 Å². The number of alkyl halides is 3. The largest absolute Gasteiger partial charge is 0.417 e. The Morgan fingerprint density at radius 2 is 1.93 bits per heavy atom. The molecule has 146 valence electrons. The summed E-state index contributed by atoms with van der Waals surface area (Å²) in [6.07, 6.45) is -2.64. The predicted octanol–water partition coefficient (Wildman–Crippen LogP) is 3.90. The predicted molar refractivity (Wildman–Crippen MR) is 99.0 cm³/mol. The number of rotatable bonds is 2. The third kappa shape index (κ3) is 2.38. The van der Waals surface area contributed by atoms with Crippen LogP contribution >= 0.6 is 0 Å². The maximum atomic E-state index is 13.3. The zero-order valence-electron chi connectivity index (χ0n) is 15.4. The second-order valence-electron chi connectivity index (χ2n) is 8.07. The molecule has 1 saturated carbocycles. The van der Waals surface area contributed by atoms with Gasteiger partial charge in [-0.25, -0.2) is 4.98 Å². The van der Waals surface area contributed by atoms with Crippen molar-refractivity contribution in [1.29, 1.82) is 0 Å². The first-order valence-electron chi connectivity index (χ1n) is 9.48. The van der Waals surface area contributed by atoms with Gasteiger partial charge in [0.25, 0.3) is 0 Å². The zero-order valence-corrected chi connectivity index (χ0v) is 15.4. The number of aromatic nitrogens is 1. The molecule has 3 heterocycles. The van der Waals surface area contributed by atoms with Crippen LogP contribution in [0.5, 0.6) is 0 Å². The number of carbonyl (C=O) groups is 1. The topological polar surface area (TPSA) is 36.4 Å². The van der Waals surface area contributed by atoms with Crippen LogP contribution in [0.1, 0.15) is 17.5 Å². The third-order valence-electron chi connectivity index (χ3n) is 6.69. The van der Waals surface area contributed by atoms with E-state index in [9.17, 15) is 18.0 Å². The van der Waals surface area contributed by atoms with Gasteiger partial charge in [-0.3, -0.25) is 4.79 Å². The fourth-order valence-electron chi connectivity index (χ4n) is 5.20. The van der Waals surface area contributed by atoms with Crippen molar-refractivity contribution in [3.05, 3.63) is 53.7 Å². The highest BCUT2D eigenvalue weighted by Gasteiger charge is 2.75. The fraction of sp³-hybridized carbons (Fsp3) is 0.429. The lowest BCUT2D eigenvalue weighted by molar-refractivity contribution is -0.137. The molecule has 2 aliphatic heterocycles. The number of para-hydroxylation sites is 1. The summed E-state index contributed by atoms with van der Waals surface area (Å²) in [5, 5.41) is 0. The van der Waals surface area contributed by atoms with Crippen molar-refractivity contribution < 1.29 is 18.0 Å². The monoisotopic (exact) mass is 387 g/mol. The molecule has 1 aromatic carbocycles. The van der Waals surface area contributed by atoms with Crippen LogP contribution in [0, 0.1) is 24.2 Å². The number of aryl methyl sites for hydroxylation is 1. The Bertz CT molecular complexity index is 943. The average molecular weight is 387 g/mol. The molecule has 1 aliphatic carbocycles. The van der Waals surface area contributed by atoms with Gasteiger partial charge in [-0.2, -0.15) is 13.2 Å². The second kappa shape index (κ2) is 5.72. The molecule has 3 fully saturated rings. The number of pyridine rings is 1. The van der Waals surface area contributed by atoms with Crippen molar-refractivity contribution in [3.8, 4) is 0 Å². The number of piperidine rings is 2. The van der Waals surface area contributed by atoms with E-state index >= 15 is 0 Å². The Kier molecular flexibility index (Phi) is 3.58. The lowest BCUT2D eigenvalue weighted by atomic mass is 9.95. The third-order valence-corrected chi connectivity index (χ3v) is 6.69. The number of nitrogens with zero attached hydrogens (tertiary/aromatic N) is 3. The summed E-state index contributed by atoms with van der Waals surface area (Å²) >= 11 is 0. The molecule has 2 aromatic rings. The van der Waals surface area contributed by atoms with Crippen molar-refractivity contribution in [2.75, 3.05) is 29.4 Å². The van der Waals surface area contributed by atoms with E-state index in [1.807, 2.05) is 41.0 Å². The second-order valence-corrected chi connectivity index (χ2v) is 8.07. The van der Waals surface area contributed by atoms with Crippen molar-refractivity contribution in [1.82, 2.24) is 4.98 Å². The van der Waals surface area contributed by atoms with Crippen LogP contribution < -0.4 is 9.80 Å². The van der Waals surface area contributed by atoms with E-state index in [0.717, 1.165) is 43.0 Å². The summed E-state index contributed by atoms with van der Waals surface area (Å²) in [4.78, 5) is 21.2. The van der Waals surface area contributed by atoms with Crippen LogP contribution in [0.25, 0.3) is 0 Å². The molecule has 7 heteroatoms. The molecule has 0 N–H and O–H groups in total. The van der Waals surface area contributed by atoms with E-state index in [1.165, 1.54) is 6.07 Å². The zero-order chi connectivity index (χ0) is 19.7. The Morgan fingerprint density at radius 3 is 2.61 bits per heavy atom. The number of carbonyl (C=O) groups excluding carboxylic acids is 1. The number of anilines is 2. The van der Waals surface area contributed by atoms with Gasteiger partial charge in [0.05, 0.1) is 11.0 Å². The minimum Gasteiger partial charge on any atom is -0.356 e. The number of hydrogen-bond donors (Lipinski definition) is 0. The quantitative estimate of drug-likeness (QED) is 0.784. The van der Waals surface area contributed by atoms with Gasteiger partial charge in [-0.05, 0) is 48.9 Å². The number of fused-ring (bicyclic) bond motifs is 1. The average Bonchev–Trinajstić information content (AvgIpc) is 3.24. The van der Waals surface area contributed by atoms with Crippen LogP contribution in [0.15, 0.2) is 42.6 Å². The first-order valence-corrected chi connectivity index (χ1v) is 9.48. The van der Waals surface area contributed by atoms with E-state index in [-0.39, 0.29) is 5.91 Å². The molecular formula is C21H20F3N3O. The maximum absolute atomic E-state index is 13.3. The molecule has 3 atom stereocenters. The van der Waals surface area contributed by atoms with Crippen molar-refractivity contribution in [2.45, 2.75) is 19.5 Å². The van der Waals surface area contributed by atoms with Crippen molar-refractivity contribution in [3.63, 3.8) is 0 Å². The van der Waals surface area contributed by atoms with E-state index in [2.05, 4.69) is 4.98 Å². The first-order chi connectivity index (χ1) is 13.3. The minimum absolute atomic E-state index is 0.147. The number of halogens is 3. The van der Waals surface area contributed by atoms with Crippen molar-refractivity contribution in [2.24, 2.45) is 17.3 Å². The van der Waals surface area contributed by atoms with Gasteiger partial charge in [0.2, 0.25) is 5.91 Å². The molecular weight excluding hydrogens is 367 g/mol. The molecule has 1 spiro atoms. The lowest BCUT2D eigenvalue weighted by Gasteiger charge is -2.34. The van der Waals surface area contributed by atoms with Gasteiger partial charge in [0.1, 0.15) is 5.82 Å². The molecule has 4 nitrogen and oxygen atoms in total. The molecule has 0 bridgehead atoms. The standard InChI is InChI=1S/C21H20F3N3O/c1-13-4-2-3-5-17(13)27-11-16-15-8-9-26(12-20(15,16)19(27)28)18-7-6-14(10-25-18)21(22,23)24/h2-7,10,15-16H,8-9,11-12H2,1H3/t15-,16?,20+/m0/s1. The van der Waals surface area contributed by atoms with Gasteiger partial charge in [0.15, 0.2) is 0 Å². The highest BCUT2D eigenvalue weighted by atomic mass is 19.4. The normalized spacial score (nSPS) is 28.9. The molecule has 1 amide bonds. The molecule has 1 unspecified atom stereocenters. The van der Waals surface area contributed by atoms with Gasteiger partial charge in [-0.15, -0.1) is 0 Å². The van der Waals surface area contributed by atoms with Gasteiger partial charge in [-0.1, -0.05) is 18.2 Å². The van der Waals surface area contributed by atoms with Crippen LogP contribution in [0.3, 0.4) is 0 Å². The van der Waals surface area contributed by atoms with Crippen LogP contribution in [-0.2, 0) is 11.0 Å². The highest BCUT2D eigenvalue weighted by Crippen LogP contribution is 2.68. The van der Waals surface area contributed by atoms with Gasteiger partial charge >= 0.3 is 6.18 Å². The summed E-state index contributed by atoms with van der Waals surface area (Å²) in [6, 6.07) is 10.3. The number of amides is 1. The SMILES string of the molecule is Cc1ccccc1N1CC2[C@@H]3CCN(c4ccc(C(F)(F)F)cn4)C[C@]23C1=O. The molecule has 28 heavy (non-hydrogen) atoms. The fourth-order valence-corrected chi connectivity index (χ4v) is 5.20. The summed E-state index contributed by atoms with van der Waals surface area (Å²) in [6.45, 7) is 3.98. The maximum Gasteiger partial charge on any atom is 0.417 e. The molecule has 1 aromatic heterocycles. The van der Waals surface area contributed by atoms with Gasteiger partial charge in [0, 0.05) is 31.5 Å². The summed E-state index contributed by atoms with van der Waals surface area (Å²) in [5.41, 5.74) is 0.862. The van der Waals surface area contributed by atoms with Crippen LogP contribution in [-0.4, -0.2) is 30.5 Å². The molecule has 3 aliphatic rings. The molecule has 2 saturated heterocycles. The minimum atomic E-state index is -4.39. The number of benzene rings is 1. The molecule has 0 radical (unpaired) electrons. The summed E-state index contributed by atoms with van der Waals surface area (Å²) in [5.74, 6) is 1.35. The Balaban J connectivity index is 1.39. The Morgan fingerprint density at radius 1 is 1.14 bits per heavy atom. The highest BCUT2D eigenvalue weighted by molar-refractivity contribution is 6.04. The van der Waals surface area contributed by atoms with Gasteiger partial charge < -0.3 is 9.80 Å². The molecule has 5 rings (SSSR count). The lowest BCUT2D eigenvalue weighted by Crippen LogP contribution is -2.45. The first kappa shape index (κ1) is 17.5. The summed E-state index contributed by atoms with van der Waals surface area (Å²) < 4.78 is 38.4. The van der Waals surface area contributed by atoms with Crippen LogP contribution in [0.4, 0.5) is 24.7 Å². The number of hydrogen-bond acceptors (Lipinski definition) is 3. The Hall–Kier alpha value is -2.57. The summed E-state index contributed by atoms with van der Waals surface area (Å²) in [7, 11) is 0. The van der Waals surface area contributed by atoms with E-state index in [1.54, 1.807) is 0 Å². The Labute approximate surface area is 161 Å². The van der Waals surface area contributed by atoms with Crippen LogP contribution in [0.2, 0.25) is 0 Å².